The molecule has 0 spiro atoms. The van der Waals surface area contributed by atoms with Gasteiger partial charge in [-0.05, 0) is 55.8 Å². The smallest absolute Gasteiger partial charge is 0.0671 e. The van der Waals surface area contributed by atoms with Crippen molar-refractivity contribution in [3.63, 3.8) is 0 Å². The Bertz CT molecular complexity index is 513. The van der Waals surface area contributed by atoms with Crippen LogP contribution in [0.2, 0.25) is 5.02 Å². The van der Waals surface area contributed by atoms with Crippen molar-refractivity contribution in [2.45, 2.75) is 26.8 Å². The Morgan fingerprint density at radius 2 is 2.00 bits per heavy atom. The third-order valence-electron chi connectivity index (χ3n) is 2.85. The van der Waals surface area contributed by atoms with Crippen LogP contribution in [0.4, 0.5) is 0 Å². The van der Waals surface area contributed by atoms with Crippen LogP contribution in [0.5, 0.6) is 0 Å². The number of hydrogen-bond donors (Lipinski definition) is 1. The van der Waals surface area contributed by atoms with E-state index in [-0.39, 0.29) is 6.04 Å². The van der Waals surface area contributed by atoms with Gasteiger partial charge in [0.1, 0.15) is 0 Å². The molecule has 18 heavy (non-hydrogen) atoms. The summed E-state index contributed by atoms with van der Waals surface area (Å²) in [7, 11) is 0. The van der Waals surface area contributed by atoms with Crippen LogP contribution < -0.4 is 5.32 Å². The summed E-state index contributed by atoms with van der Waals surface area (Å²) in [6.45, 7) is 7.29. The molecule has 0 aliphatic heterocycles. The number of nitrogens with one attached hydrogen (secondary N) is 1. The summed E-state index contributed by atoms with van der Waals surface area (Å²) < 4.78 is 0. The Morgan fingerprint density at radius 3 is 2.56 bits per heavy atom. The number of thiophene rings is 1. The molecule has 1 heterocycles. The van der Waals surface area contributed by atoms with E-state index in [9.17, 15) is 0 Å². The minimum atomic E-state index is 0.242. The zero-order valence-electron chi connectivity index (χ0n) is 11.0. The number of benzene rings is 1. The molecule has 0 saturated carbocycles. The molecular weight excluding hydrogens is 262 g/mol. The van der Waals surface area contributed by atoms with E-state index in [1.165, 1.54) is 20.9 Å². The molecule has 1 nitrogen and oxygen atoms in total. The van der Waals surface area contributed by atoms with E-state index in [4.69, 9.17) is 11.6 Å². The van der Waals surface area contributed by atoms with Crippen molar-refractivity contribution in [1.82, 2.24) is 5.32 Å². The topological polar surface area (TPSA) is 12.0 Å². The minimum absolute atomic E-state index is 0.242. The molecule has 96 valence electrons. The van der Waals surface area contributed by atoms with E-state index < -0.39 is 0 Å². The van der Waals surface area contributed by atoms with Crippen LogP contribution in [0.25, 0.3) is 0 Å². The average Bonchev–Trinajstić information content (AvgIpc) is 2.71. The molecule has 0 aliphatic carbocycles. The first-order chi connectivity index (χ1) is 8.60. The Hall–Kier alpha value is -0.830. The summed E-state index contributed by atoms with van der Waals surface area (Å²) >= 11 is 8.00. The third kappa shape index (κ3) is 3.14. The molecule has 1 atom stereocenters. The predicted octanol–water partition coefficient (Wildman–Crippen LogP) is 4.72. The molecule has 0 saturated heterocycles. The minimum Gasteiger partial charge on any atom is -0.306 e. The average molecular weight is 280 g/mol. The molecule has 0 bridgehead atoms. The number of aryl methyl sites for hydroxylation is 2. The first-order valence-corrected chi connectivity index (χ1v) is 7.36. The van der Waals surface area contributed by atoms with Crippen LogP contribution in [-0.4, -0.2) is 6.54 Å². The summed E-state index contributed by atoms with van der Waals surface area (Å²) in [5.74, 6) is 0. The fourth-order valence-electron chi connectivity index (χ4n) is 2.13. The second kappa shape index (κ2) is 5.87. The van der Waals surface area contributed by atoms with Gasteiger partial charge in [-0.1, -0.05) is 24.6 Å². The third-order valence-corrected chi connectivity index (χ3v) is 4.14. The maximum atomic E-state index is 6.16. The lowest BCUT2D eigenvalue weighted by Gasteiger charge is -2.18. The molecule has 3 heteroatoms. The maximum Gasteiger partial charge on any atom is 0.0671 e. The lowest BCUT2D eigenvalue weighted by Crippen LogP contribution is -2.21. The second-order valence-electron chi connectivity index (χ2n) is 4.50. The van der Waals surface area contributed by atoms with Gasteiger partial charge in [-0.25, -0.2) is 0 Å². The van der Waals surface area contributed by atoms with E-state index in [0.29, 0.717) is 0 Å². The molecule has 1 unspecified atom stereocenters. The highest BCUT2D eigenvalue weighted by Gasteiger charge is 2.15. The van der Waals surface area contributed by atoms with Crippen molar-refractivity contribution in [3.8, 4) is 0 Å². The maximum absolute atomic E-state index is 6.16. The van der Waals surface area contributed by atoms with E-state index in [2.05, 4.69) is 50.4 Å². The standard InChI is InChI=1S/C15H18ClNS/c1-4-17-15(14-6-5-11(3)18-14)12-7-10(2)8-13(16)9-12/h5-9,15,17H,4H2,1-3H3. The lowest BCUT2D eigenvalue weighted by atomic mass is 10.0. The monoisotopic (exact) mass is 279 g/mol. The molecule has 2 rings (SSSR count). The summed E-state index contributed by atoms with van der Waals surface area (Å²) in [5, 5.41) is 4.34. The van der Waals surface area contributed by atoms with Gasteiger partial charge < -0.3 is 5.32 Å². The second-order valence-corrected chi connectivity index (χ2v) is 6.26. The van der Waals surface area contributed by atoms with Gasteiger partial charge >= 0.3 is 0 Å². The van der Waals surface area contributed by atoms with Crippen LogP contribution in [-0.2, 0) is 0 Å². The van der Waals surface area contributed by atoms with Gasteiger partial charge in [0.05, 0.1) is 6.04 Å². The molecule has 1 aromatic carbocycles. The zero-order chi connectivity index (χ0) is 13.1. The van der Waals surface area contributed by atoms with E-state index in [1.54, 1.807) is 0 Å². The summed E-state index contributed by atoms with van der Waals surface area (Å²) in [6.07, 6.45) is 0. The van der Waals surface area contributed by atoms with Crippen molar-refractivity contribution in [2.75, 3.05) is 6.54 Å². The molecule has 0 aliphatic rings. The SMILES string of the molecule is CCNC(c1cc(C)cc(Cl)c1)c1ccc(C)s1. The van der Waals surface area contributed by atoms with E-state index >= 15 is 0 Å². The zero-order valence-corrected chi connectivity index (χ0v) is 12.5. The van der Waals surface area contributed by atoms with E-state index in [0.717, 1.165) is 11.6 Å². The van der Waals surface area contributed by atoms with Gasteiger partial charge in [-0.15, -0.1) is 11.3 Å². The van der Waals surface area contributed by atoms with Crippen molar-refractivity contribution < 1.29 is 0 Å². The Morgan fingerprint density at radius 1 is 1.22 bits per heavy atom. The summed E-state index contributed by atoms with van der Waals surface area (Å²) in [4.78, 5) is 2.68. The summed E-state index contributed by atoms with van der Waals surface area (Å²) in [6, 6.07) is 10.9. The fraction of sp³-hybridized carbons (Fsp3) is 0.333. The fourth-order valence-corrected chi connectivity index (χ4v) is 3.41. The van der Waals surface area contributed by atoms with Gasteiger partial charge in [-0.2, -0.15) is 0 Å². The molecule has 2 aromatic rings. The van der Waals surface area contributed by atoms with Crippen LogP contribution in [0.15, 0.2) is 30.3 Å². The van der Waals surface area contributed by atoms with Gasteiger partial charge in [-0.3, -0.25) is 0 Å². The highest BCUT2D eigenvalue weighted by Crippen LogP contribution is 2.30. The van der Waals surface area contributed by atoms with Crippen molar-refractivity contribution in [1.29, 1.82) is 0 Å². The van der Waals surface area contributed by atoms with Crippen LogP contribution in [0.1, 0.15) is 33.8 Å². The molecule has 0 radical (unpaired) electrons. The van der Waals surface area contributed by atoms with Crippen LogP contribution >= 0.6 is 22.9 Å². The number of rotatable bonds is 4. The largest absolute Gasteiger partial charge is 0.306 e. The first kappa shape index (κ1) is 13.6. The molecular formula is C15H18ClNS. The number of hydrogen-bond acceptors (Lipinski definition) is 2. The Labute approximate surface area is 118 Å². The predicted molar refractivity (Wildman–Crippen MR) is 80.8 cm³/mol. The highest BCUT2D eigenvalue weighted by atomic mass is 35.5. The highest BCUT2D eigenvalue weighted by molar-refractivity contribution is 7.12. The molecule has 1 N–H and O–H groups in total. The van der Waals surface area contributed by atoms with Crippen molar-refractivity contribution >= 4 is 22.9 Å². The van der Waals surface area contributed by atoms with Crippen LogP contribution in [0.3, 0.4) is 0 Å². The van der Waals surface area contributed by atoms with Crippen molar-refractivity contribution in [3.05, 3.63) is 56.2 Å². The first-order valence-electron chi connectivity index (χ1n) is 6.17. The van der Waals surface area contributed by atoms with Crippen molar-refractivity contribution in [2.24, 2.45) is 0 Å². The number of halogens is 1. The molecule has 0 amide bonds. The Balaban J connectivity index is 2.40. The Kier molecular flexibility index (Phi) is 4.44. The van der Waals surface area contributed by atoms with Gasteiger partial charge in [0, 0.05) is 14.8 Å². The lowest BCUT2D eigenvalue weighted by molar-refractivity contribution is 0.639. The van der Waals surface area contributed by atoms with E-state index in [1.807, 2.05) is 17.4 Å². The van der Waals surface area contributed by atoms with Gasteiger partial charge in [0.25, 0.3) is 0 Å². The quantitative estimate of drug-likeness (QED) is 0.854. The molecule has 1 aromatic heterocycles. The van der Waals surface area contributed by atoms with Gasteiger partial charge in [0.2, 0.25) is 0 Å². The normalized spacial score (nSPS) is 12.7. The molecule has 0 fully saturated rings. The van der Waals surface area contributed by atoms with Gasteiger partial charge in [0.15, 0.2) is 0 Å². The summed E-state index contributed by atoms with van der Waals surface area (Å²) in [5.41, 5.74) is 2.44. The van der Waals surface area contributed by atoms with Crippen LogP contribution in [0, 0.1) is 13.8 Å².